The fourth-order valence-electron chi connectivity index (χ4n) is 4.18. The first-order valence-electron chi connectivity index (χ1n) is 8.64. The van der Waals surface area contributed by atoms with E-state index < -0.39 is 0 Å². The van der Waals surface area contributed by atoms with Crippen LogP contribution in [0.4, 0.5) is 0 Å². The molecule has 1 fully saturated rings. The van der Waals surface area contributed by atoms with E-state index in [-0.39, 0.29) is 5.41 Å². The molecule has 0 aliphatic carbocycles. The monoisotopic (exact) mass is 395 g/mol. The lowest BCUT2D eigenvalue weighted by Crippen LogP contribution is -2.41. The second-order valence-electron chi connectivity index (χ2n) is 6.78. The fourth-order valence-corrected chi connectivity index (χ4v) is 4.58. The van der Waals surface area contributed by atoms with Crippen LogP contribution in [0.15, 0.2) is 53.0 Å². The molecule has 2 aliphatic heterocycles. The van der Waals surface area contributed by atoms with Crippen molar-refractivity contribution in [1.82, 2.24) is 14.8 Å². The molecule has 3 aromatic rings. The SMILES string of the molecule is Brc1cccc(-c2nc3n(n2)Cc2ccccc2C32CCOCC2)c1. The third kappa shape index (κ3) is 2.37. The Labute approximate surface area is 155 Å². The molecule has 0 saturated carbocycles. The number of hydrogen-bond donors (Lipinski definition) is 0. The minimum absolute atomic E-state index is 0.0790. The van der Waals surface area contributed by atoms with Gasteiger partial charge in [0.05, 0.1) is 12.0 Å². The molecule has 1 saturated heterocycles. The molecule has 5 heteroatoms. The maximum absolute atomic E-state index is 5.67. The van der Waals surface area contributed by atoms with Crippen LogP contribution in [0.5, 0.6) is 0 Å². The van der Waals surface area contributed by atoms with Gasteiger partial charge in [-0.05, 0) is 36.1 Å². The predicted octanol–water partition coefficient (Wildman–Crippen LogP) is 4.17. The van der Waals surface area contributed by atoms with Crippen LogP contribution in [-0.4, -0.2) is 28.0 Å². The smallest absolute Gasteiger partial charge is 0.181 e. The summed E-state index contributed by atoms with van der Waals surface area (Å²) in [6.45, 7) is 2.33. The van der Waals surface area contributed by atoms with Gasteiger partial charge >= 0.3 is 0 Å². The van der Waals surface area contributed by atoms with Gasteiger partial charge in [-0.25, -0.2) is 9.67 Å². The molecule has 1 spiro atoms. The molecule has 25 heavy (non-hydrogen) atoms. The largest absolute Gasteiger partial charge is 0.381 e. The Morgan fingerprint density at radius 1 is 1.04 bits per heavy atom. The van der Waals surface area contributed by atoms with Crippen molar-refractivity contribution in [3.05, 3.63) is 70.0 Å². The summed E-state index contributed by atoms with van der Waals surface area (Å²) >= 11 is 3.55. The number of fused-ring (bicyclic) bond motifs is 4. The van der Waals surface area contributed by atoms with E-state index in [1.807, 2.05) is 12.1 Å². The van der Waals surface area contributed by atoms with Crippen LogP contribution in [0.25, 0.3) is 11.4 Å². The summed E-state index contributed by atoms with van der Waals surface area (Å²) in [6.07, 6.45) is 1.92. The van der Waals surface area contributed by atoms with Gasteiger partial charge in [0.15, 0.2) is 5.82 Å². The topological polar surface area (TPSA) is 39.9 Å². The first kappa shape index (κ1) is 15.3. The maximum Gasteiger partial charge on any atom is 0.181 e. The first-order valence-corrected chi connectivity index (χ1v) is 9.43. The normalized spacial score (nSPS) is 18.0. The third-order valence-corrected chi connectivity index (χ3v) is 5.88. The molecule has 0 amide bonds. The summed E-state index contributed by atoms with van der Waals surface area (Å²) in [5.41, 5.74) is 3.72. The Morgan fingerprint density at radius 2 is 1.88 bits per heavy atom. The number of ether oxygens (including phenoxy) is 1. The second kappa shape index (κ2) is 5.78. The van der Waals surface area contributed by atoms with E-state index in [9.17, 15) is 0 Å². The van der Waals surface area contributed by atoms with Crippen molar-refractivity contribution < 1.29 is 4.74 Å². The van der Waals surface area contributed by atoms with Crippen LogP contribution < -0.4 is 0 Å². The van der Waals surface area contributed by atoms with Crippen LogP contribution >= 0.6 is 15.9 Å². The van der Waals surface area contributed by atoms with E-state index in [4.69, 9.17) is 14.8 Å². The van der Waals surface area contributed by atoms with Gasteiger partial charge in [0.1, 0.15) is 5.82 Å². The Morgan fingerprint density at radius 3 is 2.72 bits per heavy atom. The van der Waals surface area contributed by atoms with Crippen molar-refractivity contribution in [3.8, 4) is 11.4 Å². The van der Waals surface area contributed by atoms with E-state index >= 15 is 0 Å². The maximum atomic E-state index is 5.67. The number of hydrogen-bond acceptors (Lipinski definition) is 3. The molecule has 3 heterocycles. The summed E-state index contributed by atoms with van der Waals surface area (Å²) in [4.78, 5) is 5.01. The standard InChI is InChI=1S/C20H18BrN3O/c21-16-6-3-5-14(12-16)18-22-19-20(8-10-25-11-9-20)17-7-2-1-4-15(17)13-24(19)23-18/h1-7,12H,8-11,13H2. The highest BCUT2D eigenvalue weighted by Crippen LogP contribution is 2.45. The van der Waals surface area contributed by atoms with Gasteiger partial charge in [-0.15, -0.1) is 0 Å². The zero-order valence-corrected chi connectivity index (χ0v) is 15.4. The molecule has 0 radical (unpaired) electrons. The highest BCUT2D eigenvalue weighted by atomic mass is 79.9. The molecule has 0 N–H and O–H groups in total. The van der Waals surface area contributed by atoms with Crippen LogP contribution in [0.2, 0.25) is 0 Å². The van der Waals surface area contributed by atoms with Crippen molar-refractivity contribution in [3.63, 3.8) is 0 Å². The molecule has 126 valence electrons. The molecular formula is C20H18BrN3O. The van der Waals surface area contributed by atoms with Crippen molar-refractivity contribution >= 4 is 15.9 Å². The van der Waals surface area contributed by atoms with E-state index in [1.54, 1.807) is 0 Å². The lowest BCUT2D eigenvalue weighted by Gasteiger charge is -2.40. The zero-order valence-electron chi connectivity index (χ0n) is 13.8. The summed E-state index contributed by atoms with van der Waals surface area (Å²) in [5.74, 6) is 1.89. The average molecular weight is 396 g/mol. The van der Waals surface area contributed by atoms with E-state index in [1.165, 1.54) is 11.1 Å². The number of benzene rings is 2. The number of aromatic nitrogens is 3. The molecule has 0 atom stereocenters. The molecule has 2 aromatic carbocycles. The zero-order chi connectivity index (χ0) is 16.9. The molecule has 5 rings (SSSR count). The number of rotatable bonds is 1. The van der Waals surface area contributed by atoms with E-state index in [0.29, 0.717) is 0 Å². The fraction of sp³-hybridized carbons (Fsp3) is 0.300. The summed E-state index contributed by atoms with van der Waals surface area (Å²) < 4.78 is 8.82. The molecule has 0 bridgehead atoms. The van der Waals surface area contributed by atoms with E-state index in [2.05, 4.69) is 57.0 Å². The van der Waals surface area contributed by atoms with Gasteiger partial charge in [-0.2, -0.15) is 5.10 Å². The summed E-state index contributed by atoms with van der Waals surface area (Å²) in [5, 5.41) is 4.85. The van der Waals surface area contributed by atoms with Gasteiger partial charge in [0, 0.05) is 23.2 Å². The Kier molecular flexibility index (Phi) is 3.54. The first-order chi connectivity index (χ1) is 12.3. The van der Waals surface area contributed by atoms with Crippen molar-refractivity contribution in [2.45, 2.75) is 24.8 Å². The minimum Gasteiger partial charge on any atom is -0.381 e. The van der Waals surface area contributed by atoms with Crippen LogP contribution in [-0.2, 0) is 16.7 Å². The van der Waals surface area contributed by atoms with Crippen molar-refractivity contribution in [1.29, 1.82) is 0 Å². The third-order valence-electron chi connectivity index (χ3n) is 5.38. The quantitative estimate of drug-likeness (QED) is 0.620. The Balaban J connectivity index is 1.69. The van der Waals surface area contributed by atoms with E-state index in [0.717, 1.165) is 54.3 Å². The molecule has 4 nitrogen and oxygen atoms in total. The van der Waals surface area contributed by atoms with Gasteiger partial charge < -0.3 is 4.74 Å². The number of nitrogens with zero attached hydrogens (tertiary/aromatic N) is 3. The van der Waals surface area contributed by atoms with Crippen LogP contribution in [0, 0.1) is 0 Å². The molecule has 0 unspecified atom stereocenters. The molecular weight excluding hydrogens is 378 g/mol. The highest BCUT2D eigenvalue weighted by Gasteiger charge is 2.44. The van der Waals surface area contributed by atoms with Gasteiger partial charge in [-0.1, -0.05) is 52.3 Å². The Hall–Kier alpha value is -1.98. The van der Waals surface area contributed by atoms with Gasteiger partial charge in [-0.3, -0.25) is 0 Å². The van der Waals surface area contributed by atoms with Crippen LogP contribution in [0.3, 0.4) is 0 Å². The predicted molar refractivity (Wildman–Crippen MR) is 99.5 cm³/mol. The summed E-state index contributed by atoms with van der Waals surface area (Å²) in [6, 6.07) is 16.9. The summed E-state index contributed by atoms with van der Waals surface area (Å²) in [7, 11) is 0. The Bertz CT molecular complexity index is 944. The highest BCUT2D eigenvalue weighted by molar-refractivity contribution is 9.10. The second-order valence-corrected chi connectivity index (χ2v) is 7.69. The molecule has 2 aliphatic rings. The van der Waals surface area contributed by atoms with Crippen molar-refractivity contribution in [2.24, 2.45) is 0 Å². The lowest BCUT2D eigenvalue weighted by atomic mass is 9.70. The number of halogens is 1. The molecule has 1 aromatic heterocycles. The van der Waals surface area contributed by atoms with Crippen molar-refractivity contribution in [2.75, 3.05) is 13.2 Å². The minimum atomic E-state index is -0.0790. The van der Waals surface area contributed by atoms with Gasteiger partial charge in [0.25, 0.3) is 0 Å². The van der Waals surface area contributed by atoms with Crippen LogP contribution in [0.1, 0.15) is 29.8 Å². The van der Waals surface area contributed by atoms with Gasteiger partial charge in [0.2, 0.25) is 0 Å². The average Bonchev–Trinajstić information content (AvgIpc) is 3.08. The lowest BCUT2D eigenvalue weighted by molar-refractivity contribution is 0.0573.